The van der Waals surface area contributed by atoms with Gasteiger partial charge in [0.25, 0.3) is 0 Å². The normalized spacial score (nSPS) is 18.3. The highest BCUT2D eigenvalue weighted by Crippen LogP contribution is 2.31. The molecule has 31 heavy (non-hydrogen) atoms. The van der Waals surface area contributed by atoms with Crippen LogP contribution >= 0.6 is 0 Å². The number of imide groups is 1. The van der Waals surface area contributed by atoms with E-state index in [4.69, 9.17) is 9.47 Å². The summed E-state index contributed by atoms with van der Waals surface area (Å²) in [7, 11) is -3.52. The molecule has 0 aromatic heterocycles. The highest BCUT2D eigenvalue weighted by Gasteiger charge is 2.24. The Labute approximate surface area is 181 Å². The second kappa shape index (κ2) is 10.2. The number of nitrogens with one attached hydrogen (secondary N) is 1. The Bertz CT molecular complexity index is 945. The molecule has 170 valence electrons. The standard InChI is InChI=1S/C21H27FN2O6S/c1-15(17-5-6-18(22)19(11-17)30-12-16-3-4-16)13-31(27,28)10-2-9-29-14-24-8-7-20(25)23-21(24)26/h2,5-6,10-11,15-16H,3-4,7-9,12-14H2,1H3,(H,23,25,26)/b10-2+/t15-/m0/s1. The number of hydrogen-bond donors (Lipinski definition) is 1. The SMILES string of the molecule is C[C@@H](CS(=O)(=O)/C=C/COCN1CCC(=O)NC1=O)c1ccc(F)c(OCC2CC2)c1. The number of carbonyl (C=O) groups is 2. The second-order valence-corrected chi connectivity index (χ2v) is 9.84. The number of ether oxygens (including phenoxy) is 2. The van der Waals surface area contributed by atoms with Crippen molar-refractivity contribution in [1.82, 2.24) is 10.2 Å². The van der Waals surface area contributed by atoms with Gasteiger partial charge in [-0.25, -0.2) is 17.6 Å². The van der Waals surface area contributed by atoms with Crippen molar-refractivity contribution < 1.29 is 31.9 Å². The molecule has 1 aromatic rings. The van der Waals surface area contributed by atoms with Crippen molar-refractivity contribution in [3.63, 3.8) is 0 Å². The van der Waals surface area contributed by atoms with Gasteiger partial charge in [0.2, 0.25) is 5.91 Å². The van der Waals surface area contributed by atoms with Crippen molar-refractivity contribution in [3.8, 4) is 5.75 Å². The van der Waals surface area contributed by atoms with Gasteiger partial charge in [0.05, 0.1) is 19.0 Å². The molecule has 1 aliphatic carbocycles. The third kappa shape index (κ3) is 7.32. The van der Waals surface area contributed by atoms with Gasteiger partial charge < -0.3 is 14.4 Å². The predicted octanol–water partition coefficient (Wildman–Crippen LogP) is 2.56. The average Bonchev–Trinajstić information content (AvgIpc) is 3.52. The molecule has 0 unspecified atom stereocenters. The third-order valence-electron chi connectivity index (χ3n) is 5.09. The Balaban J connectivity index is 1.46. The molecule has 1 N–H and O–H groups in total. The molecule has 1 aliphatic heterocycles. The number of rotatable bonds is 11. The number of benzene rings is 1. The highest BCUT2D eigenvalue weighted by atomic mass is 32.2. The Kier molecular flexibility index (Phi) is 7.66. The Hall–Kier alpha value is -2.46. The van der Waals surface area contributed by atoms with E-state index in [2.05, 4.69) is 5.32 Å². The monoisotopic (exact) mass is 454 g/mol. The van der Waals surface area contributed by atoms with Crippen LogP contribution in [0.3, 0.4) is 0 Å². The van der Waals surface area contributed by atoms with Gasteiger partial charge in [-0.05, 0) is 48.4 Å². The summed E-state index contributed by atoms with van der Waals surface area (Å²) in [6, 6.07) is 3.91. The maximum atomic E-state index is 13.9. The lowest BCUT2D eigenvalue weighted by atomic mass is 10.0. The summed E-state index contributed by atoms with van der Waals surface area (Å²) in [5, 5.41) is 3.26. The minimum Gasteiger partial charge on any atom is -0.490 e. The van der Waals surface area contributed by atoms with Crippen molar-refractivity contribution in [2.24, 2.45) is 5.92 Å². The van der Waals surface area contributed by atoms with E-state index in [1.54, 1.807) is 19.1 Å². The van der Waals surface area contributed by atoms with Gasteiger partial charge in [-0.1, -0.05) is 13.0 Å². The lowest BCUT2D eigenvalue weighted by Gasteiger charge is -2.25. The van der Waals surface area contributed by atoms with E-state index in [1.807, 2.05) is 0 Å². The Morgan fingerprint density at radius 3 is 2.81 bits per heavy atom. The quantitative estimate of drug-likeness (QED) is 0.516. The Morgan fingerprint density at radius 1 is 1.32 bits per heavy atom. The summed E-state index contributed by atoms with van der Waals surface area (Å²) in [5.74, 6) is -0.643. The highest BCUT2D eigenvalue weighted by molar-refractivity contribution is 7.94. The van der Waals surface area contributed by atoms with E-state index in [0.29, 0.717) is 18.1 Å². The maximum Gasteiger partial charge on any atom is 0.325 e. The van der Waals surface area contributed by atoms with Crippen LogP contribution in [0.1, 0.15) is 37.7 Å². The molecule has 1 saturated carbocycles. The first kappa shape index (κ1) is 23.2. The lowest BCUT2D eigenvalue weighted by molar-refractivity contribution is -0.122. The number of amides is 3. The van der Waals surface area contributed by atoms with Gasteiger partial charge in [0.15, 0.2) is 21.4 Å². The fraction of sp³-hybridized carbons (Fsp3) is 0.524. The molecule has 3 amide bonds. The zero-order valence-electron chi connectivity index (χ0n) is 17.4. The summed E-state index contributed by atoms with van der Waals surface area (Å²) in [6.07, 6.45) is 3.76. The fourth-order valence-electron chi connectivity index (χ4n) is 3.07. The number of carbonyl (C=O) groups excluding carboxylic acids is 2. The fourth-order valence-corrected chi connectivity index (χ4v) is 4.44. The maximum absolute atomic E-state index is 13.9. The molecule has 2 fully saturated rings. The molecule has 1 saturated heterocycles. The molecule has 8 nitrogen and oxygen atoms in total. The van der Waals surface area contributed by atoms with Crippen molar-refractivity contribution in [2.75, 3.05) is 32.2 Å². The average molecular weight is 455 g/mol. The molecule has 1 heterocycles. The van der Waals surface area contributed by atoms with Gasteiger partial charge in [0.1, 0.15) is 6.73 Å². The van der Waals surface area contributed by atoms with Crippen LogP contribution in [-0.4, -0.2) is 57.5 Å². The zero-order valence-corrected chi connectivity index (χ0v) is 18.2. The molecule has 1 aromatic carbocycles. The molecule has 3 rings (SSSR count). The van der Waals surface area contributed by atoms with Gasteiger partial charge in [-0.15, -0.1) is 0 Å². The number of nitrogens with zero attached hydrogens (tertiary/aromatic N) is 1. The molecular weight excluding hydrogens is 427 g/mol. The zero-order chi connectivity index (χ0) is 22.4. The van der Waals surface area contributed by atoms with Crippen LogP contribution < -0.4 is 10.1 Å². The van der Waals surface area contributed by atoms with E-state index < -0.39 is 21.7 Å². The van der Waals surface area contributed by atoms with Crippen LogP contribution in [-0.2, 0) is 19.4 Å². The van der Waals surface area contributed by atoms with Gasteiger partial charge in [0, 0.05) is 18.4 Å². The summed E-state index contributed by atoms with van der Waals surface area (Å²) < 4.78 is 49.5. The van der Waals surface area contributed by atoms with Crippen molar-refractivity contribution in [1.29, 1.82) is 0 Å². The second-order valence-electron chi connectivity index (χ2n) is 7.91. The van der Waals surface area contributed by atoms with Crippen LogP contribution in [0, 0.1) is 11.7 Å². The number of sulfone groups is 1. The summed E-state index contributed by atoms with van der Waals surface area (Å²) >= 11 is 0. The van der Waals surface area contributed by atoms with Crippen LogP contribution in [0.25, 0.3) is 0 Å². The third-order valence-corrected chi connectivity index (χ3v) is 6.66. The largest absolute Gasteiger partial charge is 0.490 e. The first-order chi connectivity index (χ1) is 14.7. The van der Waals surface area contributed by atoms with Crippen molar-refractivity contribution >= 4 is 21.8 Å². The number of halogens is 1. The summed E-state index contributed by atoms with van der Waals surface area (Å²) in [6.45, 7) is 2.45. The Morgan fingerprint density at radius 2 is 2.10 bits per heavy atom. The minimum atomic E-state index is -3.52. The van der Waals surface area contributed by atoms with E-state index in [9.17, 15) is 22.4 Å². The van der Waals surface area contributed by atoms with Gasteiger partial charge >= 0.3 is 6.03 Å². The topological polar surface area (TPSA) is 102 Å². The van der Waals surface area contributed by atoms with Crippen molar-refractivity contribution in [2.45, 2.75) is 32.1 Å². The summed E-state index contributed by atoms with van der Waals surface area (Å²) in [5.41, 5.74) is 0.686. The van der Waals surface area contributed by atoms with Crippen LogP contribution in [0.5, 0.6) is 5.75 Å². The molecule has 10 heteroatoms. The van der Waals surface area contributed by atoms with E-state index in [-0.39, 0.29) is 49.6 Å². The minimum absolute atomic E-state index is 0.00103. The van der Waals surface area contributed by atoms with E-state index in [0.717, 1.165) is 18.2 Å². The molecule has 0 bridgehead atoms. The van der Waals surface area contributed by atoms with Gasteiger partial charge in [-0.2, -0.15) is 0 Å². The molecular formula is C21H27FN2O6S. The molecule has 1 atom stereocenters. The predicted molar refractivity (Wildman–Crippen MR) is 112 cm³/mol. The van der Waals surface area contributed by atoms with Crippen LogP contribution in [0.4, 0.5) is 9.18 Å². The molecule has 2 aliphatic rings. The molecule has 0 radical (unpaired) electrons. The van der Waals surface area contributed by atoms with E-state index in [1.165, 1.54) is 17.0 Å². The summed E-state index contributed by atoms with van der Waals surface area (Å²) in [4.78, 5) is 24.0. The first-order valence-electron chi connectivity index (χ1n) is 10.2. The van der Waals surface area contributed by atoms with Crippen molar-refractivity contribution in [3.05, 3.63) is 41.1 Å². The number of hydrogen-bond acceptors (Lipinski definition) is 6. The lowest BCUT2D eigenvalue weighted by Crippen LogP contribution is -2.50. The van der Waals surface area contributed by atoms with E-state index >= 15 is 0 Å². The van der Waals surface area contributed by atoms with Crippen LogP contribution in [0.2, 0.25) is 0 Å². The number of urea groups is 1. The smallest absolute Gasteiger partial charge is 0.325 e. The van der Waals surface area contributed by atoms with Gasteiger partial charge in [-0.3, -0.25) is 10.1 Å². The van der Waals surface area contributed by atoms with Crippen LogP contribution in [0.15, 0.2) is 29.7 Å². The first-order valence-corrected chi connectivity index (χ1v) is 11.9. The molecule has 0 spiro atoms.